The minimum absolute atomic E-state index is 0.00467. The third kappa shape index (κ3) is 5.58. The first-order valence-electron chi connectivity index (χ1n) is 9.71. The first-order chi connectivity index (χ1) is 13.5. The van der Waals surface area contributed by atoms with E-state index in [0.717, 1.165) is 11.3 Å². The van der Waals surface area contributed by atoms with Crippen molar-refractivity contribution in [2.75, 3.05) is 18.4 Å². The van der Waals surface area contributed by atoms with Crippen molar-refractivity contribution in [1.29, 1.82) is 0 Å². The summed E-state index contributed by atoms with van der Waals surface area (Å²) in [5, 5.41) is 2.81. The highest BCUT2D eigenvalue weighted by Crippen LogP contribution is 2.24. The molecule has 3 rings (SSSR count). The first kappa shape index (κ1) is 20.4. The van der Waals surface area contributed by atoms with E-state index in [1.165, 1.54) is 5.56 Å². The van der Waals surface area contributed by atoms with Gasteiger partial charge in [-0.05, 0) is 43.9 Å². The van der Waals surface area contributed by atoms with Crippen LogP contribution in [0.25, 0.3) is 0 Å². The standard InChI is InChI=1S/C22H27N3O2S/c1-16-8-9-20(23-14-16)24-21(26)19-10-12-25(13-11-19)22(27)17(2)28-15-18-6-4-3-5-7-18/h3-9,14,17,19H,10-13,15H2,1-2H3,(H,23,24,26). The summed E-state index contributed by atoms with van der Waals surface area (Å²) in [5.41, 5.74) is 2.29. The zero-order valence-electron chi connectivity index (χ0n) is 16.4. The topological polar surface area (TPSA) is 62.3 Å². The number of carbonyl (C=O) groups is 2. The number of aromatic nitrogens is 1. The number of likely N-dealkylation sites (tertiary alicyclic amines) is 1. The van der Waals surface area contributed by atoms with Gasteiger partial charge in [0.1, 0.15) is 5.82 Å². The fraction of sp³-hybridized carbons (Fsp3) is 0.409. The SMILES string of the molecule is Cc1ccc(NC(=O)C2CCN(C(=O)C(C)SCc3ccccc3)CC2)nc1. The molecule has 0 saturated carbocycles. The molecule has 1 fully saturated rings. The molecule has 1 unspecified atom stereocenters. The molecule has 6 heteroatoms. The number of carbonyl (C=O) groups excluding carboxylic acids is 2. The number of benzene rings is 1. The van der Waals surface area contributed by atoms with E-state index in [1.54, 1.807) is 18.0 Å². The summed E-state index contributed by atoms with van der Waals surface area (Å²) < 4.78 is 0. The summed E-state index contributed by atoms with van der Waals surface area (Å²) in [5.74, 6) is 1.50. The van der Waals surface area contributed by atoms with Gasteiger partial charge < -0.3 is 10.2 Å². The molecular weight excluding hydrogens is 370 g/mol. The highest BCUT2D eigenvalue weighted by molar-refractivity contribution is 7.99. The minimum Gasteiger partial charge on any atom is -0.342 e. The zero-order chi connectivity index (χ0) is 19.9. The summed E-state index contributed by atoms with van der Waals surface area (Å²) in [6, 6.07) is 13.9. The molecule has 1 aliphatic heterocycles. The van der Waals surface area contributed by atoms with Crippen LogP contribution in [0.5, 0.6) is 0 Å². The first-order valence-corrected chi connectivity index (χ1v) is 10.8. The van der Waals surface area contributed by atoms with Crippen molar-refractivity contribution in [3.63, 3.8) is 0 Å². The van der Waals surface area contributed by atoms with Crippen LogP contribution in [0.3, 0.4) is 0 Å². The second-order valence-corrected chi connectivity index (χ2v) is 8.58. The maximum Gasteiger partial charge on any atom is 0.235 e. The Bertz CT molecular complexity index is 787. The maximum absolute atomic E-state index is 12.7. The zero-order valence-corrected chi connectivity index (χ0v) is 17.2. The van der Waals surface area contributed by atoms with E-state index in [1.807, 2.05) is 49.1 Å². The van der Waals surface area contributed by atoms with Crippen molar-refractivity contribution in [2.24, 2.45) is 5.92 Å². The molecule has 1 aliphatic rings. The molecule has 1 atom stereocenters. The second-order valence-electron chi connectivity index (χ2n) is 7.25. The van der Waals surface area contributed by atoms with Crippen molar-refractivity contribution in [2.45, 2.75) is 37.7 Å². The lowest BCUT2D eigenvalue weighted by molar-refractivity contribution is -0.133. The van der Waals surface area contributed by atoms with Crippen LogP contribution in [-0.2, 0) is 15.3 Å². The van der Waals surface area contributed by atoms with Crippen LogP contribution >= 0.6 is 11.8 Å². The molecule has 0 spiro atoms. The second kappa shape index (κ2) is 9.73. The number of hydrogen-bond acceptors (Lipinski definition) is 4. The molecule has 0 bridgehead atoms. The van der Waals surface area contributed by atoms with Gasteiger partial charge in [-0.25, -0.2) is 4.98 Å². The largest absolute Gasteiger partial charge is 0.342 e. The predicted octanol–water partition coefficient (Wildman–Crippen LogP) is 3.89. The number of amides is 2. The predicted molar refractivity (Wildman–Crippen MR) is 114 cm³/mol. The molecule has 2 amide bonds. The molecule has 1 aromatic heterocycles. The number of aryl methyl sites for hydroxylation is 1. The average molecular weight is 398 g/mol. The molecule has 2 heterocycles. The van der Waals surface area contributed by atoms with Gasteiger partial charge in [0.25, 0.3) is 0 Å². The van der Waals surface area contributed by atoms with Gasteiger partial charge in [-0.3, -0.25) is 9.59 Å². The molecule has 28 heavy (non-hydrogen) atoms. The molecule has 0 aliphatic carbocycles. The monoisotopic (exact) mass is 397 g/mol. The molecule has 5 nitrogen and oxygen atoms in total. The van der Waals surface area contributed by atoms with Crippen molar-refractivity contribution in [3.05, 3.63) is 59.8 Å². The molecule has 0 radical (unpaired) electrons. The average Bonchev–Trinajstić information content (AvgIpc) is 2.74. The molecular formula is C22H27N3O2S. The normalized spacial score (nSPS) is 15.9. The van der Waals surface area contributed by atoms with Crippen molar-refractivity contribution in [1.82, 2.24) is 9.88 Å². The van der Waals surface area contributed by atoms with E-state index in [-0.39, 0.29) is 23.0 Å². The van der Waals surface area contributed by atoms with E-state index in [2.05, 4.69) is 22.4 Å². The Kier molecular flexibility index (Phi) is 7.09. The van der Waals surface area contributed by atoms with Crippen LogP contribution < -0.4 is 5.32 Å². The Morgan fingerprint density at radius 1 is 1.18 bits per heavy atom. The minimum atomic E-state index is -0.0812. The van der Waals surface area contributed by atoms with Gasteiger partial charge in [0.15, 0.2) is 0 Å². The number of hydrogen-bond donors (Lipinski definition) is 1. The number of thioether (sulfide) groups is 1. The van der Waals surface area contributed by atoms with Crippen LogP contribution in [0.1, 0.15) is 30.9 Å². The van der Waals surface area contributed by atoms with Gasteiger partial charge in [0, 0.05) is 31.0 Å². The highest BCUT2D eigenvalue weighted by Gasteiger charge is 2.29. The highest BCUT2D eigenvalue weighted by atomic mass is 32.2. The Hall–Kier alpha value is -2.34. The number of anilines is 1. The van der Waals surface area contributed by atoms with Crippen LogP contribution in [-0.4, -0.2) is 40.0 Å². The van der Waals surface area contributed by atoms with Crippen LogP contribution in [0, 0.1) is 12.8 Å². The lowest BCUT2D eigenvalue weighted by Gasteiger charge is -2.32. The van der Waals surface area contributed by atoms with Gasteiger partial charge >= 0.3 is 0 Å². The Labute approximate surface area is 170 Å². The Balaban J connectivity index is 1.44. The van der Waals surface area contributed by atoms with Gasteiger partial charge in [-0.1, -0.05) is 36.4 Å². The number of rotatable bonds is 6. The summed E-state index contributed by atoms with van der Waals surface area (Å²) >= 11 is 1.66. The number of nitrogens with zero attached hydrogens (tertiary/aromatic N) is 2. The van der Waals surface area contributed by atoms with Crippen LogP contribution in [0.15, 0.2) is 48.7 Å². The van der Waals surface area contributed by atoms with Crippen LogP contribution in [0.4, 0.5) is 5.82 Å². The van der Waals surface area contributed by atoms with E-state index in [0.29, 0.717) is 31.7 Å². The number of nitrogens with one attached hydrogen (secondary N) is 1. The fourth-order valence-corrected chi connectivity index (χ4v) is 4.18. The molecule has 1 aromatic carbocycles. The van der Waals surface area contributed by atoms with Gasteiger partial charge in [-0.15, -0.1) is 11.8 Å². The molecule has 1 saturated heterocycles. The molecule has 2 aromatic rings. The van der Waals surface area contributed by atoms with Gasteiger partial charge in [0.05, 0.1) is 5.25 Å². The van der Waals surface area contributed by atoms with Gasteiger partial charge in [-0.2, -0.15) is 0 Å². The van der Waals surface area contributed by atoms with E-state index in [9.17, 15) is 9.59 Å². The molecule has 148 valence electrons. The van der Waals surface area contributed by atoms with E-state index < -0.39 is 0 Å². The number of piperidine rings is 1. The number of pyridine rings is 1. The van der Waals surface area contributed by atoms with Crippen LogP contribution in [0.2, 0.25) is 0 Å². The lowest BCUT2D eigenvalue weighted by atomic mass is 9.95. The molecule has 1 N–H and O–H groups in total. The Morgan fingerprint density at radius 2 is 1.89 bits per heavy atom. The summed E-state index contributed by atoms with van der Waals surface area (Å²) in [6.45, 7) is 5.20. The third-order valence-corrected chi connectivity index (χ3v) is 6.23. The van der Waals surface area contributed by atoms with E-state index in [4.69, 9.17) is 0 Å². The quantitative estimate of drug-likeness (QED) is 0.803. The summed E-state index contributed by atoms with van der Waals surface area (Å²) in [6.07, 6.45) is 3.13. The smallest absolute Gasteiger partial charge is 0.235 e. The van der Waals surface area contributed by atoms with Crippen molar-refractivity contribution < 1.29 is 9.59 Å². The maximum atomic E-state index is 12.7. The van der Waals surface area contributed by atoms with Gasteiger partial charge in [0.2, 0.25) is 11.8 Å². The summed E-state index contributed by atoms with van der Waals surface area (Å²) in [7, 11) is 0. The lowest BCUT2D eigenvalue weighted by Crippen LogP contribution is -2.44. The summed E-state index contributed by atoms with van der Waals surface area (Å²) in [4.78, 5) is 31.3. The van der Waals surface area contributed by atoms with Crippen molar-refractivity contribution in [3.8, 4) is 0 Å². The fourth-order valence-electron chi connectivity index (χ4n) is 3.26. The Morgan fingerprint density at radius 3 is 2.54 bits per heavy atom. The van der Waals surface area contributed by atoms with E-state index >= 15 is 0 Å². The van der Waals surface area contributed by atoms with Crippen molar-refractivity contribution >= 4 is 29.4 Å². The third-order valence-electron chi connectivity index (χ3n) is 5.03.